The number of rotatable bonds is 7. The summed E-state index contributed by atoms with van der Waals surface area (Å²) in [6, 6.07) is 8.92. The fraction of sp³-hybridized carbons (Fsp3) is 0.250. The van der Waals surface area contributed by atoms with Crippen molar-refractivity contribution in [2.24, 2.45) is 0 Å². The summed E-state index contributed by atoms with van der Waals surface area (Å²) >= 11 is 0. The van der Waals surface area contributed by atoms with Gasteiger partial charge in [0.1, 0.15) is 5.75 Å². The number of phenolic OH excluding ortho intramolecular Hbond substituents is 1. The average molecular weight is 391 g/mol. The second kappa shape index (κ2) is 8.78. The number of aromatic hydroxyl groups is 1. The summed E-state index contributed by atoms with van der Waals surface area (Å²) in [4.78, 5) is 26.1. The monoisotopic (exact) mass is 391 g/mol. The number of amides is 1. The van der Waals surface area contributed by atoms with Crippen LogP contribution in [-0.2, 0) is 35.3 Å². The van der Waals surface area contributed by atoms with E-state index in [4.69, 9.17) is 4.74 Å². The Labute approximate surface area is 170 Å². The minimum atomic E-state index is -0.394. The lowest BCUT2D eigenvalue weighted by atomic mass is 9.90. The Morgan fingerprint density at radius 2 is 1.86 bits per heavy atom. The summed E-state index contributed by atoms with van der Waals surface area (Å²) in [7, 11) is 1.34. The number of allylic oxidation sites excluding steroid dienone is 2. The molecule has 1 aliphatic rings. The molecule has 0 atom stereocenters. The van der Waals surface area contributed by atoms with Gasteiger partial charge >= 0.3 is 5.97 Å². The number of hydrogen-bond donors (Lipinski definition) is 1. The predicted molar refractivity (Wildman–Crippen MR) is 113 cm³/mol. The molecule has 0 spiro atoms. The second-order valence-electron chi connectivity index (χ2n) is 7.01. The first-order valence-electron chi connectivity index (χ1n) is 9.56. The highest BCUT2D eigenvalue weighted by Gasteiger charge is 2.28. The van der Waals surface area contributed by atoms with E-state index in [1.54, 1.807) is 29.2 Å². The van der Waals surface area contributed by atoms with Crippen LogP contribution in [0.5, 0.6) is 5.75 Å². The van der Waals surface area contributed by atoms with Crippen LogP contribution in [-0.4, -0.2) is 24.1 Å². The van der Waals surface area contributed by atoms with Gasteiger partial charge in [-0.25, -0.2) is 4.79 Å². The van der Waals surface area contributed by atoms with Gasteiger partial charge in [0.25, 0.3) is 0 Å². The SMILES string of the molecule is C=CCc1cc2c(c(CC=C)c1O)CCC(=O)N2Cc1ccc(C(=O)OC)cc1. The van der Waals surface area contributed by atoms with Gasteiger partial charge in [0.2, 0.25) is 5.91 Å². The lowest BCUT2D eigenvalue weighted by Gasteiger charge is -2.32. The molecule has 2 aromatic rings. The molecule has 0 saturated carbocycles. The van der Waals surface area contributed by atoms with Crippen LogP contribution in [0.15, 0.2) is 55.6 Å². The maximum Gasteiger partial charge on any atom is 0.337 e. The van der Waals surface area contributed by atoms with Gasteiger partial charge in [-0.05, 0) is 54.2 Å². The van der Waals surface area contributed by atoms with E-state index in [1.807, 2.05) is 18.2 Å². The van der Waals surface area contributed by atoms with E-state index in [2.05, 4.69) is 13.2 Å². The summed E-state index contributed by atoms with van der Waals surface area (Å²) in [6.07, 6.45) is 5.53. The van der Waals surface area contributed by atoms with E-state index in [-0.39, 0.29) is 11.7 Å². The Balaban J connectivity index is 2.01. The Bertz CT molecular complexity index is 960. The van der Waals surface area contributed by atoms with Crippen molar-refractivity contribution in [3.05, 3.63) is 83.5 Å². The number of carbonyl (C=O) groups is 2. The van der Waals surface area contributed by atoms with Crippen LogP contribution in [0, 0.1) is 0 Å². The number of benzene rings is 2. The van der Waals surface area contributed by atoms with Crippen LogP contribution in [0.2, 0.25) is 0 Å². The standard InChI is InChI=1S/C24H25NO4/c1-4-6-18-14-21-19(20(7-5-2)23(18)27)12-13-22(26)25(21)15-16-8-10-17(11-9-16)24(28)29-3/h4-5,8-11,14,27H,1-2,6-7,12-13,15H2,3H3. The van der Waals surface area contributed by atoms with Crippen molar-refractivity contribution in [3.63, 3.8) is 0 Å². The Kier molecular flexibility index (Phi) is 6.17. The molecule has 5 heteroatoms. The highest BCUT2D eigenvalue weighted by atomic mass is 16.5. The highest BCUT2D eigenvalue weighted by molar-refractivity contribution is 5.97. The molecule has 150 valence electrons. The van der Waals surface area contributed by atoms with Crippen LogP contribution >= 0.6 is 0 Å². The lowest BCUT2D eigenvalue weighted by Crippen LogP contribution is -2.35. The Morgan fingerprint density at radius 1 is 1.17 bits per heavy atom. The van der Waals surface area contributed by atoms with Gasteiger partial charge in [0.05, 0.1) is 19.2 Å². The summed E-state index contributed by atoms with van der Waals surface area (Å²) in [5, 5.41) is 10.7. The smallest absolute Gasteiger partial charge is 0.337 e. The van der Waals surface area contributed by atoms with Crippen LogP contribution < -0.4 is 4.90 Å². The lowest BCUT2D eigenvalue weighted by molar-refractivity contribution is -0.119. The summed E-state index contributed by atoms with van der Waals surface area (Å²) < 4.78 is 4.73. The van der Waals surface area contributed by atoms with E-state index < -0.39 is 5.97 Å². The fourth-order valence-corrected chi connectivity index (χ4v) is 3.73. The van der Waals surface area contributed by atoms with Gasteiger partial charge in [-0.1, -0.05) is 24.3 Å². The number of methoxy groups -OCH3 is 1. The van der Waals surface area contributed by atoms with Gasteiger partial charge in [-0.2, -0.15) is 0 Å². The number of nitrogens with zero attached hydrogens (tertiary/aromatic N) is 1. The zero-order valence-electron chi connectivity index (χ0n) is 16.6. The second-order valence-corrected chi connectivity index (χ2v) is 7.01. The molecule has 29 heavy (non-hydrogen) atoms. The third-order valence-electron chi connectivity index (χ3n) is 5.18. The predicted octanol–water partition coefficient (Wildman–Crippen LogP) is 4.12. The minimum absolute atomic E-state index is 0.0364. The zero-order chi connectivity index (χ0) is 21.0. The molecule has 0 radical (unpaired) electrons. The van der Waals surface area contributed by atoms with E-state index in [9.17, 15) is 14.7 Å². The molecule has 1 amide bonds. The molecule has 0 aromatic heterocycles. The van der Waals surface area contributed by atoms with Gasteiger partial charge < -0.3 is 14.7 Å². The van der Waals surface area contributed by atoms with Crippen molar-refractivity contribution in [3.8, 4) is 5.75 Å². The topological polar surface area (TPSA) is 66.8 Å². The van der Waals surface area contributed by atoms with Crippen molar-refractivity contribution >= 4 is 17.6 Å². The van der Waals surface area contributed by atoms with Gasteiger partial charge in [0, 0.05) is 17.7 Å². The normalized spacial score (nSPS) is 13.0. The third kappa shape index (κ3) is 4.09. The molecule has 0 fully saturated rings. The zero-order valence-corrected chi connectivity index (χ0v) is 16.6. The number of fused-ring (bicyclic) bond motifs is 1. The van der Waals surface area contributed by atoms with Gasteiger partial charge in [-0.15, -0.1) is 13.2 Å². The molecule has 3 rings (SSSR count). The number of phenols is 1. The summed E-state index contributed by atoms with van der Waals surface area (Å²) in [5.74, 6) is -0.0934. The molecule has 0 unspecified atom stereocenters. The molecule has 0 bridgehead atoms. The highest BCUT2D eigenvalue weighted by Crippen LogP contribution is 2.39. The summed E-state index contributed by atoms with van der Waals surface area (Å²) in [6.45, 7) is 7.96. The molecular formula is C24H25NO4. The molecule has 0 aliphatic carbocycles. The summed E-state index contributed by atoms with van der Waals surface area (Å²) in [5.41, 5.74) is 4.76. The van der Waals surface area contributed by atoms with Crippen LogP contribution in [0.1, 0.15) is 39.0 Å². The van der Waals surface area contributed by atoms with Crippen LogP contribution in [0.25, 0.3) is 0 Å². The van der Waals surface area contributed by atoms with Crippen LogP contribution in [0.3, 0.4) is 0 Å². The number of esters is 1. The number of hydrogen-bond acceptors (Lipinski definition) is 4. The molecular weight excluding hydrogens is 366 g/mol. The Morgan fingerprint density at radius 3 is 2.48 bits per heavy atom. The fourth-order valence-electron chi connectivity index (χ4n) is 3.73. The van der Waals surface area contributed by atoms with E-state index in [0.29, 0.717) is 37.8 Å². The maximum atomic E-state index is 12.8. The van der Waals surface area contributed by atoms with E-state index in [1.165, 1.54) is 7.11 Å². The van der Waals surface area contributed by atoms with Crippen molar-refractivity contribution in [2.75, 3.05) is 12.0 Å². The minimum Gasteiger partial charge on any atom is -0.507 e. The largest absolute Gasteiger partial charge is 0.507 e. The van der Waals surface area contributed by atoms with E-state index in [0.717, 1.165) is 27.9 Å². The molecule has 2 aromatic carbocycles. The number of ether oxygens (including phenoxy) is 1. The molecule has 1 heterocycles. The first-order valence-corrected chi connectivity index (χ1v) is 9.56. The quantitative estimate of drug-likeness (QED) is 0.570. The van der Waals surface area contributed by atoms with Crippen molar-refractivity contribution in [1.82, 2.24) is 0 Å². The molecule has 1 aliphatic heterocycles. The maximum absolute atomic E-state index is 12.8. The van der Waals surface area contributed by atoms with Crippen molar-refractivity contribution in [1.29, 1.82) is 0 Å². The van der Waals surface area contributed by atoms with E-state index >= 15 is 0 Å². The first-order chi connectivity index (χ1) is 14.0. The molecule has 0 saturated heterocycles. The van der Waals surface area contributed by atoms with Gasteiger partial charge in [0.15, 0.2) is 0 Å². The average Bonchev–Trinajstić information content (AvgIpc) is 2.73. The van der Waals surface area contributed by atoms with Crippen LogP contribution in [0.4, 0.5) is 5.69 Å². The molecule has 5 nitrogen and oxygen atoms in total. The van der Waals surface area contributed by atoms with Gasteiger partial charge in [-0.3, -0.25) is 4.79 Å². The Hall–Kier alpha value is -3.34. The first kappa shape index (κ1) is 20.4. The third-order valence-corrected chi connectivity index (χ3v) is 5.18. The number of carbonyl (C=O) groups excluding carboxylic acids is 2. The van der Waals surface area contributed by atoms with Crippen molar-refractivity contribution < 1.29 is 19.4 Å². The number of anilines is 1. The van der Waals surface area contributed by atoms with Crippen molar-refractivity contribution in [2.45, 2.75) is 32.2 Å². The molecule has 1 N–H and O–H groups in total.